The number of anilines is 1. The fourth-order valence-corrected chi connectivity index (χ4v) is 2.09. The maximum atomic E-state index is 12.1. The predicted octanol–water partition coefficient (Wildman–Crippen LogP) is 3.41. The van der Waals surface area contributed by atoms with Crippen molar-refractivity contribution in [3.05, 3.63) is 57.3 Å². The first-order chi connectivity index (χ1) is 9.88. The van der Waals surface area contributed by atoms with Gasteiger partial charge in [0.1, 0.15) is 5.69 Å². The van der Waals surface area contributed by atoms with Crippen LogP contribution in [0, 0.1) is 13.8 Å². The van der Waals surface area contributed by atoms with E-state index in [-0.39, 0.29) is 17.2 Å². The maximum absolute atomic E-state index is 12.1. The summed E-state index contributed by atoms with van der Waals surface area (Å²) >= 11 is 3.24. The molecule has 2 N–H and O–H groups in total. The molecule has 0 saturated carbocycles. The van der Waals surface area contributed by atoms with Crippen molar-refractivity contribution in [1.82, 2.24) is 4.98 Å². The molecular formula is C15H13BrN2O3. The van der Waals surface area contributed by atoms with Gasteiger partial charge in [-0.05, 0) is 65.2 Å². The van der Waals surface area contributed by atoms with Crippen molar-refractivity contribution in [1.29, 1.82) is 0 Å². The average Bonchev–Trinajstić information content (AvgIpc) is 2.43. The maximum Gasteiger partial charge on any atom is 0.336 e. The van der Waals surface area contributed by atoms with Crippen molar-refractivity contribution < 1.29 is 14.7 Å². The molecule has 0 aliphatic rings. The predicted molar refractivity (Wildman–Crippen MR) is 82.8 cm³/mol. The molecule has 0 spiro atoms. The summed E-state index contributed by atoms with van der Waals surface area (Å²) in [5, 5.41) is 11.8. The molecule has 21 heavy (non-hydrogen) atoms. The summed E-state index contributed by atoms with van der Waals surface area (Å²) in [5.41, 5.74) is 2.35. The molecule has 1 aromatic heterocycles. The van der Waals surface area contributed by atoms with E-state index in [1.807, 2.05) is 0 Å². The summed E-state index contributed by atoms with van der Waals surface area (Å²) in [5.74, 6) is -1.41. The summed E-state index contributed by atoms with van der Waals surface area (Å²) in [6.07, 6.45) is 1.53. The standard InChI is InChI=1S/C15H13BrN2O3/c1-8-5-11(6-12(9(8)2)15(20)21)18-14(19)13-4-3-10(16)7-17-13/h3-7H,1-2H3,(H,18,19)(H,20,21). The van der Waals surface area contributed by atoms with Gasteiger partial charge in [0.15, 0.2) is 0 Å². The Bertz CT molecular complexity index is 712. The largest absolute Gasteiger partial charge is 0.478 e. The molecule has 108 valence electrons. The molecular weight excluding hydrogens is 336 g/mol. The number of amides is 1. The van der Waals surface area contributed by atoms with Gasteiger partial charge in [-0.3, -0.25) is 4.79 Å². The van der Waals surface area contributed by atoms with Crippen molar-refractivity contribution in [2.45, 2.75) is 13.8 Å². The van der Waals surface area contributed by atoms with Crippen LogP contribution < -0.4 is 5.32 Å². The van der Waals surface area contributed by atoms with E-state index in [1.165, 1.54) is 12.3 Å². The minimum Gasteiger partial charge on any atom is -0.478 e. The molecule has 0 atom stereocenters. The van der Waals surface area contributed by atoms with E-state index in [9.17, 15) is 9.59 Å². The third-order valence-corrected chi connectivity index (χ3v) is 3.58. The molecule has 6 heteroatoms. The molecule has 1 heterocycles. The molecule has 0 unspecified atom stereocenters. The fraction of sp³-hybridized carbons (Fsp3) is 0.133. The number of carbonyl (C=O) groups is 2. The zero-order valence-corrected chi connectivity index (χ0v) is 13.1. The summed E-state index contributed by atoms with van der Waals surface area (Å²) in [7, 11) is 0. The van der Waals surface area contributed by atoms with Gasteiger partial charge in [-0.2, -0.15) is 0 Å². The van der Waals surface area contributed by atoms with Crippen molar-refractivity contribution >= 4 is 33.5 Å². The Morgan fingerprint density at radius 1 is 1.24 bits per heavy atom. The Balaban J connectivity index is 2.29. The van der Waals surface area contributed by atoms with Crippen LogP contribution in [-0.4, -0.2) is 22.0 Å². The van der Waals surface area contributed by atoms with Crippen LogP contribution in [0.2, 0.25) is 0 Å². The number of rotatable bonds is 3. The number of benzene rings is 1. The molecule has 1 amide bonds. The van der Waals surface area contributed by atoms with Gasteiger partial charge in [0.25, 0.3) is 5.91 Å². The number of aryl methyl sites for hydroxylation is 1. The number of aromatic nitrogens is 1. The van der Waals surface area contributed by atoms with Crippen molar-refractivity contribution in [3.8, 4) is 0 Å². The second-order valence-electron chi connectivity index (χ2n) is 4.59. The van der Waals surface area contributed by atoms with E-state index in [1.54, 1.807) is 32.0 Å². The number of aromatic carboxylic acids is 1. The Morgan fingerprint density at radius 2 is 1.95 bits per heavy atom. The topological polar surface area (TPSA) is 79.3 Å². The highest BCUT2D eigenvalue weighted by Crippen LogP contribution is 2.20. The van der Waals surface area contributed by atoms with Crippen LogP contribution in [0.15, 0.2) is 34.9 Å². The Labute approximate surface area is 130 Å². The Hall–Kier alpha value is -2.21. The van der Waals surface area contributed by atoms with Crippen molar-refractivity contribution in [2.75, 3.05) is 5.32 Å². The van der Waals surface area contributed by atoms with Gasteiger partial charge >= 0.3 is 5.97 Å². The van der Waals surface area contributed by atoms with E-state index in [2.05, 4.69) is 26.2 Å². The minimum absolute atomic E-state index is 0.175. The van der Waals surface area contributed by atoms with Gasteiger partial charge < -0.3 is 10.4 Å². The average molecular weight is 349 g/mol. The molecule has 5 nitrogen and oxygen atoms in total. The number of carboxylic acid groups (broad SMARTS) is 1. The first-order valence-corrected chi connectivity index (χ1v) is 6.95. The summed E-state index contributed by atoms with van der Waals surface area (Å²) < 4.78 is 0.776. The van der Waals surface area contributed by atoms with Gasteiger partial charge in [0.05, 0.1) is 5.56 Å². The van der Waals surface area contributed by atoms with Crippen LogP contribution in [0.4, 0.5) is 5.69 Å². The molecule has 0 radical (unpaired) electrons. The zero-order chi connectivity index (χ0) is 15.6. The minimum atomic E-state index is -1.02. The van der Waals surface area contributed by atoms with E-state index in [4.69, 9.17) is 5.11 Å². The molecule has 2 rings (SSSR count). The number of carbonyl (C=O) groups excluding carboxylic acids is 1. The molecule has 0 aliphatic heterocycles. The molecule has 0 fully saturated rings. The second kappa shape index (κ2) is 6.05. The van der Waals surface area contributed by atoms with Gasteiger partial charge in [-0.25, -0.2) is 9.78 Å². The van der Waals surface area contributed by atoms with Crippen LogP contribution in [0.25, 0.3) is 0 Å². The van der Waals surface area contributed by atoms with E-state index in [0.29, 0.717) is 11.3 Å². The van der Waals surface area contributed by atoms with Crippen molar-refractivity contribution in [3.63, 3.8) is 0 Å². The van der Waals surface area contributed by atoms with Crippen LogP contribution in [0.1, 0.15) is 32.0 Å². The van der Waals surface area contributed by atoms with Gasteiger partial charge in [0.2, 0.25) is 0 Å². The lowest BCUT2D eigenvalue weighted by molar-refractivity contribution is 0.0695. The quantitative estimate of drug-likeness (QED) is 0.890. The summed E-state index contributed by atoms with van der Waals surface area (Å²) in [6.45, 7) is 3.54. The lowest BCUT2D eigenvalue weighted by Crippen LogP contribution is -2.14. The molecule has 0 aliphatic carbocycles. The highest BCUT2D eigenvalue weighted by atomic mass is 79.9. The zero-order valence-electron chi connectivity index (χ0n) is 11.5. The number of nitrogens with one attached hydrogen (secondary N) is 1. The van der Waals surface area contributed by atoms with Crippen LogP contribution in [-0.2, 0) is 0 Å². The van der Waals surface area contributed by atoms with Crippen LogP contribution in [0.3, 0.4) is 0 Å². The van der Waals surface area contributed by atoms with E-state index < -0.39 is 5.97 Å². The van der Waals surface area contributed by atoms with Gasteiger partial charge in [-0.15, -0.1) is 0 Å². The molecule has 0 bridgehead atoms. The Morgan fingerprint density at radius 3 is 2.52 bits per heavy atom. The molecule has 1 aromatic carbocycles. The fourth-order valence-electron chi connectivity index (χ4n) is 1.86. The Kier molecular flexibility index (Phi) is 4.37. The van der Waals surface area contributed by atoms with Crippen LogP contribution >= 0.6 is 15.9 Å². The SMILES string of the molecule is Cc1cc(NC(=O)c2ccc(Br)cn2)cc(C(=O)O)c1C. The lowest BCUT2D eigenvalue weighted by Gasteiger charge is -2.10. The highest BCUT2D eigenvalue weighted by Gasteiger charge is 2.13. The smallest absolute Gasteiger partial charge is 0.336 e. The second-order valence-corrected chi connectivity index (χ2v) is 5.50. The van der Waals surface area contributed by atoms with E-state index >= 15 is 0 Å². The third-order valence-electron chi connectivity index (χ3n) is 3.12. The number of pyridine rings is 1. The van der Waals surface area contributed by atoms with Crippen LogP contribution in [0.5, 0.6) is 0 Å². The summed E-state index contributed by atoms with van der Waals surface area (Å²) in [6, 6.07) is 6.48. The number of carboxylic acids is 1. The number of halogens is 1. The van der Waals surface area contributed by atoms with E-state index in [0.717, 1.165) is 10.0 Å². The first kappa shape index (κ1) is 15.2. The first-order valence-electron chi connectivity index (χ1n) is 6.16. The lowest BCUT2D eigenvalue weighted by atomic mass is 10.0. The highest BCUT2D eigenvalue weighted by molar-refractivity contribution is 9.10. The monoisotopic (exact) mass is 348 g/mol. The number of hydrogen-bond acceptors (Lipinski definition) is 3. The number of nitrogens with zero attached hydrogens (tertiary/aromatic N) is 1. The van der Waals surface area contributed by atoms with Gasteiger partial charge in [0, 0.05) is 16.4 Å². The number of hydrogen-bond donors (Lipinski definition) is 2. The third kappa shape index (κ3) is 3.46. The summed E-state index contributed by atoms with van der Waals surface area (Å²) in [4.78, 5) is 27.3. The van der Waals surface area contributed by atoms with Gasteiger partial charge in [-0.1, -0.05) is 0 Å². The molecule has 2 aromatic rings. The van der Waals surface area contributed by atoms with Crippen molar-refractivity contribution in [2.24, 2.45) is 0 Å². The normalized spacial score (nSPS) is 10.2. The molecule has 0 saturated heterocycles.